The number of rotatable bonds is 6. The Kier molecular flexibility index (Phi) is 8.62. The molecule has 8 heteroatoms. The lowest BCUT2D eigenvalue weighted by Crippen LogP contribution is -2.38. The summed E-state index contributed by atoms with van der Waals surface area (Å²) < 4.78 is 10.8. The lowest BCUT2D eigenvalue weighted by atomic mass is 9.99. The van der Waals surface area contributed by atoms with Gasteiger partial charge in [-0.25, -0.2) is 4.98 Å². The summed E-state index contributed by atoms with van der Waals surface area (Å²) >= 11 is 0. The predicted molar refractivity (Wildman–Crippen MR) is 135 cm³/mol. The van der Waals surface area contributed by atoms with Crippen molar-refractivity contribution < 1.29 is 9.47 Å². The summed E-state index contributed by atoms with van der Waals surface area (Å²) in [5.41, 5.74) is 2.34. The zero-order valence-electron chi connectivity index (χ0n) is 18.3. The van der Waals surface area contributed by atoms with Crippen molar-refractivity contribution in [2.45, 2.75) is 32.7 Å². The van der Waals surface area contributed by atoms with Crippen LogP contribution in [0.1, 0.15) is 30.9 Å². The highest BCUT2D eigenvalue weighted by Crippen LogP contribution is 2.32. The number of anilines is 1. The van der Waals surface area contributed by atoms with Crippen LogP contribution in [-0.2, 0) is 13.0 Å². The first-order chi connectivity index (χ1) is 14.7. The van der Waals surface area contributed by atoms with E-state index in [1.807, 2.05) is 18.3 Å². The number of aromatic nitrogens is 1. The molecule has 1 aromatic heterocycles. The van der Waals surface area contributed by atoms with Crippen LogP contribution >= 0.6 is 24.0 Å². The molecule has 2 aliphatic heterocycles. The molecule has 7 nitrogen and oxygen atoms in total. The number of halogens is 1. The number of fused-ring (bicyclic) bond motifs is 1. The molecule has 3 heterocycles. The molecule has 0 saturated carbocycles. The number of hydrogen-bond acceptors (Lipinski definition) is 5. The van der Waals surface area contributed by atoms with Crippen molar-refractivity contribution in [3.63, 3.8) is 0 Å². The summed E-state index contributed by atoms with van der Waals surface area (Å²) in [6.07, 6.45) is 5.33. The first-order valence-corrected chi connectivity index (χ1v) is 10.7. The minimum atomic E-state index is 0. The standard InChI is InChI=1S/C23H31N5O2.HI/c1-17-8-11-28(12-9-17)22-6-4-19(14-26-22)15-27-23(24-2)25-10-7-18-3-5-20-21(13-18)30-16-29-20;/h3-6,13-14,17H,7-12,15-16H2,1-2H3,(H2,24,25,27);1H. The Morgan fingerprint density at radius 2 is 1.87 bits per heavy atom. The summed E-state index contributed by atoms with van der Waals surface area (Å²) in [5, 5.41) is 6.72. The SMILES string of the molecule is CN=C(NCCc1ccc2c(c1)OCO2)NCc1ccc(N2CCC(C)CC2)nc1.I. The second-order valence-corrected chi connectivity index (χ2v) is 7.98. The largest absolute Gasteiger partial charge is 0.454 e. The van der Waals surface area contributed by atoms with Crippen LogP contribution in [0.2, 0.25) is 0 Å². The molecule has 0 spiro atoms. The van der Waals surface area contributed by atoms with E-state index in [2.05, 4.69) is 50.6 Å². The van der Waals surface area contributed by atoms with Gasteiger partial charge in [-0.2, -0.15) is 0 Å². The van der Waals surface area contributed by atoms with E-state index in [1.54, 1.807) is 7.05 Å². The van der Waals surface area contributed by atoms with Crippen molar-refractivity contribution in [2.24, 2.45) is 10.9 Å². The number of nitrogens with zero attached hydrogens (tertiary/aromatic N) is 3. The molecule has 0 aliphatic carbocycles. The lowest BCUT2D eigenvalue weighted by Gasteiger charge is -2.31. The average molecular weight is 537 g/mol. The molecule has 1 aromatic carbocycles. The number of pyridine rings is 1. The van der Waals surface area contributed by atoms with Gasteiger partial charge in [-0.1, -0.05) is 19.1 Å². The number of piperidine rings is 1. The fourth-order valence-corrected chi connectivity index (χ4v) is 3.77. The number of ether oxygens (including phenoxy) is 2. The van der Waals surface area contributed by atoms with Gasteiger partial charge < -0.3 is 25.0 Å². The summed E-state index contributed by atoms with van der Waals surface area (Å²) in [6.45, 7) is 6.31. The molecule has 2 aliphatic rings. The molecule has 0 bridgehead atoms. The van der Waals surface area contributed by atoms with Gasteiger partial charge >= 0.3 is 0 Å². The molecule has 0 unspecified atom stereocenters. The minimum absolute atomic E-state index is 0. The van der Waals surface area contributed by atoms with Crippen LogP contribution in [0, 0.1) is 5.92 Å². The second kappa shape index (κ2) is 11.4. The Morgan fingerprint density at radius 3 is 2.61 bits per heavy atom. The third-order valence-electron chi connectivity index (χ3n) is 5.74. The fraction of sp³-hybridized carbons (Fsp3) is 0.478. The number of aliphatic imine (C=N–C) groups is 1. The Hall–Kier alpha value is -2.23. The van der Waals surface area contributed by atoms with Gasteiger partial charge in [-0.05, 0) is 54.5 Å². The van der Waals surface area contributed by atoms with E-state index < -0.39 is 0 Å². The van der Waals surface area contributed by atoms with Crippen molar-refractivity contribution in [1.29, 1.82) is 0 Å². The van der Waals surface area contributed by atoms with Gasteiger partial charge in [0.1, 0.15) is 5.82 Å². The second-order valence-electron chi connectivity index (χ2n) is 7.98. The van der Waals surface area contributed by atoms with Gasteiger partial charge in [0, 0.05) is 39.4 Å². The molecule has 31 heavy (non-hydrogen) atoms. The molecule has 1 saturated heterocycles. The topological polar surface area (TPSA) is 71.0 Å². The van der Waals surface area contributed by atoms with E-state index in [0.717, 1.165) is 60.8 Å². The predicted octanol–water partition coefficient (Wildman–Crippen LogP) is 3.57. The smallest absolute Gasteiger partial charge is 0.231 e. The highest BCUT2D eigenvalue weighted by atomic mass is 127. The van der Waals surface area contributed by atoms with Crippen molar-refractivity contribution in [1.82, 2.24) is 15.6 Å². The van der Waals surface area contributed by atoms with Crippen LogP contribution in [-0.4, -0.2) is 44.4 Å². The molecule has 0 amide bonds. The van der Waals surface area contributed by atoms with Crippen LogP contribution < -0.4 is 25.0 Å². The van der Waals surface area contributed by atoms with Gasteiger partial charge in [0.25, 0.3) is 0 Å². The maximum absolute atomic E-state index is 5.44. The molecular formula is C23H32IN5O2. The van der Waals surface area contributed by atoms with Crippen LogP contribution in [0.5, 0.6) is 11.5 Å². The van der Waals surface area contributed by atoms with E-state index in [9.17, 15) is 0 Å². The van der Waals surface area contributed by atoms with Gasteiger partial charge in [0.2, 0.25) is 6.79 Å². The Balaban J connectivity index is 0.00000272. The van der Waals surface area contributed by atoms with E-state index in [1.165, 1.54) is 18.4 Å². The van der Waals surface area contributed by atoms with Gasteiger partial charge in [-0.15, -0.1) is 24.0 Å². The normalized spacial score (nSPS) is 16.1. The zero-order valence-corrected chi connectivity index (χ0v) is 20.6. The van der Waals surface area contributed by atoms with Crippen molar-refractivity contribution >= 4 is 35.8 Å². The molecular weight excluding hydrogens is 505 g/mol. The highest BCUT2D eigenvalue weighted by molar-refractivity contribution is 14.0. The summed E-state index contributed by atoms with van der Waals surface area (Å²) in [6, 6.07) is 10.3. The monoisotopic (exact) mass is 537 g/mol. The number of guanidine groups is 1. The average Bonchev–Trinajstić information content (AvgIpc) is 3.25. The van der Waals surface area contributed by atoms with E-state index in [0.29, 0.717) is 13.3 Å². The third-order valence-corrected chi connectivity index (χ3v) is 5.74. The molecule has 0 atom stereocenters. The van der Waals surface area contributed by atoms with Crippen LogP contribution in [0.15, 0.2) is 41.5 Å². The number of hydrogen-bond donors (Lipinski definition) is 2. The molecule has 168 valence electrons. The quantitative estimate of drug-likeness (QED) is 0.334. The highest BCUT2D eigenvalue weighted by Gasteiger charge is 2.16. The van der Waals surface area contributed by atoms with Crippen molar-refractivity contribution in [3.05, 3.63) is 47.7 Å². The number of benzene rings is 1. The molecule has 2 N–H and O–H groups in total. The van der Waals surface area contributed by atoms with Crippen LogP contribution in [0.3, 0.4) is 0 Å². The van der Waals surface area contributed by atoms with Crippen LogP contribution in [0.4, 0.5) is 5.82 Å². The number of nitrogens with one attached hydrogen (secondary N) is 2. The Bertz CT molecular complexity index is 867. The summed E-state index contributed by atoms with van der Waals surface area (Å²) in [4.78, 5) is 11.4. The van der Waals surface area contributed by atoms with Gasteiger partial charge in [0.05, 0.1) is 0 Å². The van der Waals surface area contributed by atoms with Gasteiger partial charge in [0.15, 0.2) is 17.5 Å². The van der Waals surface area contributed by atoms with E-state index in [4.69, 9.17) is 9.47 Å². The Morgan fingerprint density at radius 1 is 1.10 bits per heavy atom. The third kappa shape index (κ3) is 6.38. The molecule has 0 radical (unpaired) electrons. The minimum Gasteiger partial charge on any atom is -0.454 e. The summed E-state index contributed by atoms with van der Waals surface area (Å²) in [5.74, 6) is 4.33. The van der Waals surface area contributed by atoms with E-state index >= 15 is 0 Å². The first-order valence-electron chi connectivity index (χ1n) is 10.7. The molecule has 4 rings (SSSR count). The maximum atomic E-state index is 5.44. The molecule has 1 fully saturated rings. The lowest BCUT2D eigenvalue weighted by molar-refractivity contribution is 0.174. The first kappa shape index (κ1) is 23.4. The van der Waals surface area contributed by atoms with Crippen molar-refractivity contribution in [3.8, 4) is 11.5 Å². The van der Waals surface area contributed by atoms with Gasteiger partial charge in [-0.3, -0.25) is 4.99 Å². The van der Waals surface area contributed by atoms with Crippen molar-refractivity contribution in [2.75, 3.05) is 38.4 Å². The zero-order chi connectivity index (χ0) is 20.8. The van der Waals surface area contributed by atoms with Crippen LogP contribution in [0.25, 0.3) is 0 Å². The molecule has 2 aromatic rings. The fourth-order valence-electron chi connectivity index (χ4n) is 3.77. The van der Waals surface area contributed by atoms with E-state index in [-0.39, 0.29) is 24.0 Å². The maximum Gasteiger partial charge on any atom is 0.231 e. The Labute approximate surface area is 201 Å². The summed E-state index contributed by atoms with van der Waals surface area (Å²) in [7, 11) is 1.79.